The Morgan fingerprint density at radius 1 is 1.47 bits per heavy atom. The third kappa shape index (κ3) is 3.59. The molecule has 0 bridgehead atoms. The van der Waals surface area contributed by atoms with Crippen molar-refractivity contribution >= 4 is 0 Å². The summed E-state index contributed by atoms with van der Waals surface area (Å²) in [5, 5.41) is 6.95. The van der Waals surface area contributed by atoms with Gasteiger partial charge in [-0.1, -0.05) is 17.3 Å². The summed E-state index contributed by atoms with van der Waals surface area (Å²) in [5.41, 5.74) is 0.600. The molecule has 1 aromatic carbocycles. The zero-order valence-corrected chi connectivity index (χ0v) is 10.9. The van der Waals surface area contributed by atoms with E-state index in [1.54, 1.807) is 19.2 Å². The Morgan fingerprint density at radius 3 is 3.00 bits per heavy atom. The van der Waals surface area contributed by atoms with Crippen LogP contribution in [0.3, 0.4) is 0 Å². The van der Waals surface area contributed by atoms with E-state index in [1.807, 2.05) is 7.05 Å². The highest BCUT2D eigenvalue weighted by Crippen LogP contribution is 2.17. The Kier molecular flexibility index (Phi) is 4.59. The van der Waals surface area contributed by atoms with Crippen LogP contribution in [-0.4, -0.2) is 36.9 Å². The first-order valence-corrected chi connectivity index (χ1v) is 5.97. The summed E-state index contributed by atoms with van der Waals surface area (Å²) >= 11 is 0. The molecular formula is C13H16FN3O2. The number of methoxy groups -OCH3 is 1. The number of likely N-dealkylation sites (N-methyl/N-ethyl adjacent to an activating group) is 1. The molecule has 1 atom stereocenters. The van der Waals surface area contributed by atoms with Gasteiger partial charge in [0.2, 0.25) is 11.7 Å². The topological polar surface area (TPSA) is 60.2 Å². The lowest BCUT2D eigenvalue weighted by Crippen LogP contribution is -2.32. The van der Waals surface area contributed by atoms with Crippen molar-refractivity contribution < 1.29 is 13.7 Å². The zero-order valence-electron chi connectivity index (χ0n) is 10.9. The van der Waals surface area contributed by atoms with Crippen molar-refractivity contribution in [2.24, 2.45) is 0 Å². The molecule has 1 aromatic heterocycles. The molecule has 1 unspecified atom stereocenters. The largest absolute Gasteiger partial charge is 0.383 e. The highest BCUT2D eigenvalue weighted by Gasteiger charge is 2.14. The second kappa shape index (κ2) is 6.40. The third-order valence-corrected chi connectivity index (χ3v) is 2.75. The molecule has 0 amide bonds. The average molecular weight is 265 g/mol. The Bertz CT molecular complexity index is 530. The van der Waals surface area contributed by atoms with Crippen molar-refractivity contribution in [2.75, 3.05) is 20.8 Å². The number of rotatable bonds is 6. The molecule has 0 radical (unpaired) electrons. The van der Waals surface area contributed by atoms with Crippen molar-refractivity contribution in [3.63, 3.8) is 0 Å². The smallest absolute Gasteiger partial charge is 0.228 e. The maximum Gasteiger partial charge on any atom is 0.228 e. The summed E-state index contributed by atoms with van der Waals surface area (Å²) in [7, 11) is 3.48. The monoisotopic (exact) mass is 265 g/mol. The van der Waals surface area contributed by atoms with Crippen molar-refractivity contribution in [3.05, 3.63) is 36.0 Å². The van der Waals surface area contributed by atoms with Gasteiger partial charge in [-0.3, -0.25) is 0 Å². The molecule has 6 heteroatoms. The molecular weight excluding hydrogens is 249 g/mol. The standard InChI is InChI=1S/C13H16FN3O2/c1-15-11(8-18-2)7-12-16-13(17-19-12)9-4-3-5-10(14)6-9/h3-6,11,15H,7-8H2,1-2H3. The van der Waals surface area contributed by atoms with E-state index < -0.39 is 0 Å². The predicted octanol–water partition coefficient (Wildman–Crippen LogP) is 1.65. The highest BCUT2D eigenvalue weighted by molar-refractivity contribution is 5.53. The van der Waals surface area contributed by atoms with E-state index in [4.69, 9.17) is 9.26 Å². The van der Waals surface area contributed by atoms with Crippen molar-refractivity contribution in [1.82, 2.24) is 15.5 Å². The lowest BCUT2D eigenvalue weighted by atomic mass is 10.2. The summed E-state index contributed by atoms with van der Waals surface area (Å²) in [6, 6.07) is 6.20. The predicted molar refractivity (Wildman–Crippen MR) is 68.1 cm³/mol. The lowest BCUT2D eigenvalue weighted by molar-refractivity contribution is 0.165. The number of halogens is 1. The lowest BCUT2D eigenvalue weighted by Gasteiger charge is -2.11. The zero-order chi connectivity index (χ0) is 13.7. The normalized spacial score (nSPS) is 12.6. The van der Waals surface area contributed by atoms with Crippen LogP contribution >= 0.6 is 0 Å². The molecule has 0 saturated heterocycles. The molecule has 0 aliphatic heterocycles. The third-order valence-electron chi connectivity index (χ3n) is 2.75. The minimum absolute atomic E-state index is 0.103. The summed E-state index contributed by atoms with van der Waals surface area (Å²) in [5.74, 6) is 0.564. The van der Waals surface area contributed by atoms with Crippen LogP contribution in [0, 0.1) is 5.82 Å². The fraction of sp³-hybridized carbons (Fsp3) is 0.385. The van der Waals surface area contributed by atoms with Crippen LogP contribution in [0.4, 0.5) is 4.39 Å². The van der Waals surface area contributed by atoms with E-state index in [-0.39, 0.29) is 11.9 Å². The molecule has 5 nitrogen and oxygen atoms in total. The Balaban J connectivity index is 2.10. The fourth-order valence-corrected chi connectivity index (χ4v) is 1.74. The first kappa shape index (κ1) is 13.6. The van der Waals surface area contributed by atoms with Gasteiger partial charge in [0.1, 0.15) is 5.82 Å². The van der Waals surface area contributed by atoms with E-state index in [0.29, 0.717) is 30.3 Å². The van der Waals surface area contributed by atoms with Gasteiger partial charge < -0.3 is 14.6 Å². The quantitative estimate of drug-likeness (QED) is 0.860. The van der Waals surface area contributed by atoms with Crippen LogP contribution in [-0.2, 0) is 11.2 Å². The van der Waals surface area contributed by atoms with Crippen LogP contribution in [0.1, 0.15) is 5.89 Å². The molecule has 2 rings (SSSR count). The highest BCUT2D eigenvalue weighted by atomic mass is 19.1. The van der Waals surface area contributed by atoms with Gasteiger partial charge in [-0.05, 0) is 19.2 Å². The molecule has 0 aliphatic carbocycles. The van der Waals surface area contributed by atoms with Crippen LogP contribution in [0.25, 0.3) is 11.4 Å². The number of hydrogen-bond acceptors (Lipinski definition) is 5. The van der Waals surface area contributed by atoms with E-state index in [0.717, 1.165) is 0 Å². The second-order valence-electron chi connectivity index (χ2n) is 4.17. The number of hydrogen-bond donors (Lipinski definition) is 1. The minimum Gasteiger partial charge on any atom is -0.383 e. The van der Waals surface area contributed by atoms with Gasteiger partial charge >= 0.3 is 0 Å². The minimum atomic E-state index is -0.323. The van der Waals surface area contributed by atoms with Crippen LogP contribution in [0.5, 0.6) is 0 Å². The number of nitrogens with one attached hydrogen (secondary N) is 1. The van der Waals surface area contributed by atoms with Crippen LogP contribution in [0.2, 0.25) is 0 Å². The molecule has 0 spiro atoms. The SMILES string of the molecule is CNC(COC)Cc1nc(-c2cccc(F)c2)no1. The molecule has 2 aromatic rings. The van der Waals surface area contributed by atoms with Crippen molar-refractivity contribution in [3.8, 4) is 11.4 Å². The Labute approximate surface area is 110 Å². The molecule has 0 fully saturated rings. The number of benzene rings is 1. The van der Waals surface area contributed by atoms with E-state index in [2.05, 4.69) is 15.5 Å². The molecule has 1 heterocycles. The van der Waals surface area contributed by atoms with E-state index in [9.17, 15) is 4.39 Å². The van der Waals surface area contributed by atoms with E-state index in [1.165, 1.54) is 12.1 Å². The van der Waals surface area contributed by atoms with Gasteiger partial charge in [0.25, 0.3) is 0 Å². The number of ether oxygens (including phenoxy) is 1. The van der Waals surface area contributed by atoms with Gasteiger partial charge in [0.05, 0.1) is 6.61 Å². The van der Waals surface area contributed by atoms with Crippen LogP contribution < -0.4 is 5.32 Å². The Morgan fingerprint density at radius 2 is 2.32 bits per heavy atom. The van der Waals surface area contributed by atoms with Gasteiger partial charge in [-0.25, -0.2) is 4.39 Å². The van der Waals surface area contributed by atoms with Crippen LogP contribution in [0.15, 0.2) is 28.8 Å². The summed E-state index contributed by atoms with van der Waals surface area (Å²) < 4.78 is 23.3. The van der Waals surface area contributed by atoms with Gasteiger partial charge in [0, 0.05) is 25.1 Å². The van der Waals surface area contributed by atoms with Crippen molar-refractivity contribution in [1.29, 1.82) is 0 Å². The first-order valence-electron chi connectivity index (χ1n) is 5.97. The fourth-order valence-electron chi connectivity index (χ4n) is 1.74. The molecule has 0 saturated carbocycles. The summed E-state index contributed by atoms with van der Waals surface area (Å²) in [6.07, 6.45) is 0.562. The van der Waals surface area contributed by atoms with Gasteiger partial charge in [0.15, 0.2) is 0 Å². The van der Waals surface area contributed by atoms with Crippen molar-refractivity contribution in [2.45, 2.75) is 12.5 Å². The Hall–Kier alpha value is -1.79. The number of nitrogens with zero attached hydrogens (tertiary/aromatic N) is 2. The molecule has 102 valence electrons. The molecule has 19 heavy (non-hydrogen) atoms. The maximum atomic E-state index is 13.1. The second-order valence-corrected chi connectivity index (χ2v) is 4.17. The number of aromatic nitrogens is 2. The first-order chi connectivity index (χ1) is 9.22. The van der Waals surface area contributed by atoms with Gasteiger partial charge in [-0.15, -0.1) is 0 Å². The average Bonchev–Trinajstić information content (AvgIpc) is 2.87. The van der Waals surface area contributed by atoms with E-state index >= 15 is 0 Å². The summed E-state index contributed by atoms with van der Waals surface area (Å²) in [4.78, 5) is 4.25. The molecule has 1 N–H and O–H groups in total. The van der Waals surface area contributed by atoms with Gasteiger partial charge in [-0.2, -0.15) is 4.98 Å². The summed E-state index contributed by atoms with van der Waals surface area (Å²) in [6.45, 7) is 0.550. The molecule has 0 aliphatic rings. The maximum absolute atomic E-state index is 13.1.